The number of nitrogen functional groups attached to an aromatic ring is 1. The molecule has 4 nitrogen and oxygen atoms in total. The minimum absolute atomic E-state index is 0.00952. The molecule has 0 aliphatic rings. The molecule has 0 atom stereocenters. The summed E-state index contributed by atoms with van der Waals surface area (Å²) in [7, 11) is 4.00. The van der Waals surface area contributed by atoms with Gasteiger partial charge in [0.05, 0.1) is 0 Å². The maximum atomic E-state index is 12.2. The molecule has 0 heterocycles. The average Bonchev–Trinajstić information content (AvgIpc) is 2.30. The molecule has 4 heteroatoms. The van der Waals surface area contributed by atoms with Crippen LogP contribution < -0.4 is 10.6 Å². The van der Waals surface area contributed by atoms with Crippen LogP contribution in [0.15, 0.2) is 24.3 Å². The van der Waals surface area contributed by atoms with E-state index in [0.29, 0.717) is 12.2 Å². The lowest BCUT2D eigenvalue weighted by atomic mass is 10.1. The zero-order chi connectivity index (χ0) is 13.7. The Bertz CT molecular complexity index is 385. The summed E-state index contributed by atoms with van der Waals surface area (Å²) in [4.78, 5) is 16.1. The van der Waals surface area contributed by atoms with Crippen LogP contribution in [-0.4, -0.2) is 38.0 Å². The Balaban J connectivity index is 2.89. The third kappa shape index (κ3) is 4.04. The maximum Gasteiger partial charge on any atom is 0.229 e. The lowest BCUT2D eigenvalue weighted by molar-refractivity contribution is -0.121. The first-order chi connectivity index (χ1) is 8.41. The van der Waals surface area contributed by atoms with Crippen LogP contribution in [0.25, 0.3) is 0 Å². The maximum absolute atomic E-state index is 12.2. The summed E-state index contributed by atoms with van der Waals surface area (Å²) < 4.78 is 0. The largest absolute Gasteiger partial charge is 0.399 e. The van der Waals surface area contributed by atoms with Crippen molar-refractivity contribution >= 4 is 17.3 Å². The van der Waals surface area contributed by atoms with Crippen LogP contribution in [0, 0.1) is 5.92 Å². The van der Waals surface area contributed by atoms with Crippen LogP contribution in [0.5, 0.6) is 0 Å². The average molecular weight is 249 g/mol. The van der Waals surface area contributed by atoms with Gasteiger partial charge in [-0.15, -0.1) is 0 Å². The van der Waals surface area contributed by atoms with Crippen molar-refractivity contribution in [1.29, 1.82) is 0 Å². The zero-order valence-corrected chi connectivity index (χ0v) is 11.7. The predicted molar refractivity (Wildman–Crippen MR) is 76.6 cm³/mol. The fourth-order valence-electron chi connectivity index (χ4n) is 1.63. The smallest absolute Gasteiger partial charge is 0.229 e. The molecule has 0 saturated carbocycles. The Morgan fingerprint density at radius 2 is 1.72 bits per heavy atom. The molecule has 0 fully saturated rings. The van der Waals surface area contributed by atoms with Gasteiger partial charge in [0.2, 0.25) is 5.91 Å². The van der Waals surface area contributed by atoms with Gasteiger partial charge < -0.3 is 15.5 Å². The normalized spacial score (nSPS) is 11.0. The Kier molecular flexibility index (Phi) is 5.16. The highest BCUT2D eigenvalue weighted by Crippen LogP contribution is 2.18. The van der Waals surface area contributed by atoms with E-state index in [9.17, 15) is 4.79 Å². The van der Waals surface area contributed by atoms with Crippen LogP contribution >= 0.6 is 0 Å². The minimum Gasteiger partial charge on any atom is -0.399 e. The first kappa shape index (κ1) is 14.5. The van der Waals surface area contributed by atoms with Gasteiger partial charge in [-0.3, -0.25) is 4.79 Å². The van der Waals surface area contributed by atoms with Gasteiger partial charge in [0, 0.05) is 30.4 Å². The lowest BCUT2D eigenvalue weighted by Crippen LogP contribution is -2.39. The van der Waals surface area contributed by atoms with E-state index in [1.807, 2.05) is 57.1 Å². The summed E-state index contributed by atoms with van der Waals surface area (Å²) in [5.74, 6) is 0.131. The number of likely N-dealkylation sites (N-methyl/N-ethyl adjacent to an activating group) is 1. The Morgan fingerprint density at radius 1 is 1.17 bits per heavy atom. The third-order valence-electron chi connectivity index (χ3n) is 2.74. The number of nitrogens with zero attached hydrogens (tertiary/aromatic N) is 2. The van der Waals surface area contributed by atoms with Gasteiger partial charge in [0.15, 0.2) is 0 Å². The molecule has 0 aliphatic carbocycles. The third-order valence-corrected chi connectivity index (χ3v) is 2.74. The van der Waals surface area contributed by atoms with E-state index in [-0.39, 0.29) is 11.8 Å². The Morgan fingerprint density at radius 3 is 2.17 bits per heavy atom. The molecule has 0 aromatic heterocycles. The molecule has 0 saturated heterocycles. The second kappa shape index (κ2) is 6.40. The zero-order valence-electron chi connectivity index (χ0n) is 11.7. The van der Waals surface area contributed by atoms with Gasteiger partial charge in [0.1, 0.15) is 0 Å². The molecule has 1 rings (SSSR count). The van der Waals surface area contributed by atoms with Crippen LogP contribution in [0.2, 0.25) is 0 Å². The van der Waals surface area contributed by atoms with Crippen molar-refractivity contribution in [3.63, 3.8) is 0 Å². The monoisotopic (exact) mass is 249 g/mol. The highest BCUT2D eigenvalue weighted by atomic mass is 16.2. The molecule has 0 spiro atoms. The van der Waals surface area contributed by atoms with Gasteiger partial charge in [-0.05, 0) is 38.4 Å². The van der Waals surface area contributed by atoms with Crippen LogP contribution in [0.4, 0.5) is 11.4 Å². The van der Waals surface area contributed by atoms with Crippen molar-refractivity contribution in [3.8, 4) is 0 Å². The molecule has 100 valence electrons. The van der Waals surface area contributed by atoms with Gasteiger partial charge >= 0.3 is 0 Å². The van der Waals surface area contributed by atoms with E-state index in [0.717, 1.165) is 12.2 Å². The van der Waals surface area contributed by atoms with Gasteiger partial charge in [-0.25, -0.2) is 0 Å². The summed E-state index contributed by atoms with van der Waals surface area (Å²) in [6.07, 6.45) is 0. The second-order valence-electron chi connectivity index (χ2n) is 5.04. The first-order valence-electron chi connectivity index (χ1n) is 6.23. The Labute approximate surface area is 109 Å². The van der Waals surface area contributed by atoms with Crippen LogP contribution in [0.1, 0.15) is 13.8 Å². The number of amides is 1. The van der Waals surface area contributed by atoms with Crippen LogP contribution in [-0.2, 0) is 4.79 Å². The summed E-state index contributed by atoms with van der Waals surface area (Å²) in [6.45, 7) is 5.36. The summed E-state index contributed by atoms with van der Waals surface area (Å²) in [5, 5.41) is 0. The number of carbonyl (C=O) groups is 1. The van der Waals surface area contributed by atoms with Gasteiger partial charge in [0.25, 0.3) is 0 Å². The standard InChI is InChI=1S/C14H23N3O/c1-11(2)14(18)17(10-9-16(3)4)13-7-5-12(15)6-8-13/h5-8,11H,9-10,15H2,1-4H3. The molecule has 0 bridgehead atoms. The number of anilines is 2. The molecule has 2 N–H and O–H groups in total. The van der Waals surface area contributed by atoms with Crippen molar-refractivity contribution in [2.45, 2.75) is 13.8 Å². The molecule has 0 unspecified atom stereocenters. The molecule has 18 heavy (non-hydrogen) atoms. The van der Waals surface area contributed by atoms with Crippen LogP contribution in [0.3, 0.4) is 0 Å². The van der Waals surface area contributed by atoms with E-state index in [1.165, 1.54) is 0 Å². The van der Waals surface area contributed by atoms with E-state index in [4.69, 9.17) is 5.73 Å². The molecule has 1 aromatic rings. The fraction of sp³-hybridized carbons (Fsp3) is 0.500. The first-order valence-corrected chi connectivity index (χ1v) is 6.23. The molecule has 1 aromatic carbocycles. The SMILES string of the molecule is CC(C)C(=O)N(CCN(C)C)c1ccc(N)cc1. The molecule has 1 amide bonds. The fourth-order valence-corrected chi connectivity index (χ4v) is 1.63. The van der Waals surface area contributed by atoms with E-state index < -0.39 is 0 Å². The predicted octanol–water partition coefficient (Wildman–Crippen LogP) is 1.82. The Hall–Kier alpha value is -1.55. The molecule has 0 radical (unpaired) electrons. The summed E-state index contributed by atoms with van der Waals surface area (Å²) in [5.41, 5.74) is 7.29. The second-order valence-corrected chi connectivity index (χ2v) is 5.04. The molecular weight excluding hydrogens is 226 g/mol. The summed E-state index contributed by atoms with van der Waals surface area (Å²) >= 11 is 0. The molecule has 0 aliphatic heterocycles. The number of carbonyl (C=O) groups excluding carboxylic acids is 1. The number of rotatable bonds is 5. The van der Waals surface area contributed by atoms with Crippen molar-refractivity contribution in [3.05, 3.63) is 24.3 Å². The van der Waals surface area contributed by atoms with E-state index in [2.05, 4.69) is 4.90 Å². The minimum atomic E-state index is -0.00952. The van der Waals surface area contributed by atoms with E-state index in [1.54, 1.807) is 0 Å². The van der Waals surface area contributed by atoms with Crippen molar-refractivity contribution in [2.75, 3.05) is 37.8 Å². The topological polar surface area (TPSA) is 49.6 Å². The quantitative estimate of drug-likeness (QED) is 0.810. The number of hydrogen-bond donors (Lipinski definition) is 1. The lowest BCUT2D eigenvalue weighted by Gasteiger charge is -2.26. The van der Waals surface area contributed by atoms with Crippen molar-refractivity contribution in [2.24, 2.45) is 5.92 Å². The van der Waals surface area contributed by atoms with Crippen molar-refractivity contribution < 1.29 is 4.79 Å². The van der Waals surface area contributed by atoms with Crippen molar-refractivity contribution in [1.82, 2.24) is 4.90 Å². The number of nitrogens with two attached hydrogens (primary N) is 1. The van der Waals surface area contributed by atoms with Gasteiger partial charge in [-0.2, -0.15) is 0 Å². The summed E-state index contributed by atoms with van der Waals surface area (Å²) in [6, 6.07) is 7.44. The van der Waals surface area contributed by atoms with Gasteiger partial charge in [-0.1, -0.05) is 13.8 Å². The highest BCUT2D eigenvalue weighted by molar-refractivity contribution is 5.94. The number of benzene rings is 1. The number of hydrogen-bond acceptors (Lipinski definition) is 3. The highest BCUT2D eigenvalue weighted by Gasteiger charge is 2.18. The molecular formula is C14H23N3O. The van der Waals surface area contributed by atoms with E-state index >= 15 is 0 Å².